The number of benzene rings is 1. The lowest BCUT2D eigenvalue weighted by Crippen LogP contribution is -2.19. The molecule has 0 unspecified atom stereocenters. The van der Waals surface area contributed by atoms with Gasteiger partial charge in [-0.1, -0.05) is 36.4 Å². The van der Waals surface area contributed by atoms with Gasteiger partial charge in [0.05, 0.1) is 0 Å². The average molecular weight is 438 g/mol. The quantitative estimate of drug-likeness (QED) is 0.381. The fraction of sp³-hybridized carbons (Fsp3) is 0.0800. The average Bonchev–Trinajstić information content (AvgIpc) is 3.29. The fourth-order valence-electron chi connectivity index (χ4n) is 3.37. The fourth-order valence-corrected chi connectivity index (χ4v) is 3.37. The van der Waals surface area contributed by atoms with Crippen LogP contribution in [-0.2, 0) is 11.3 Å². The van der Waals surface area contributed by atoms with E-state index >= 15 is 0 Å². The summed E-state index contributed by atoms with van der Waals surface area (Å²) in [5.41, 5.74) is 2.11. The second-order valence-corrected chi connectivity index (χ2v) is 7.35. The van der Waals surface area contributed by atoms with Crippen LogP contribution in [-0.4, -0.2) is 25.5 Å². The molecule has 0 amide bonds. The second-order valence-electron chi connectivity index (χ2n) is 7.35. The van der Waals surface area contributed by atoms with Gasteiger partial charge >= 0.3 is 11.9 Å². The molecule has 1 aromatic carbocycles. The number of nitrogens with zero attached hydrogens (tertiary/aromatic N) is 4. The van der Waals surface area contributed by atoms with Crippen LogP contribution in [0, 0.1) is 6.92 Å². The molecule has 0 aliphatic rings. The zero-order valence-corrected chi connectivity index (χ0v) is 17.6. The van der Waals surface area contributed by atoms with Crippen LogP contribution >= 0.6 is 0 Å². The number of rotatable bonds is 5. The van der Waals surface area contributed by atoms with Crippen LogP contribution in [0.25, 0.3) is 28.0 Å². The number of aromatic nitrogens is 4. The molecule has 162 valence electrons. The Morgan fingerprint density at radius 2 is 1.88 bits per heavy atom. The first-order chi connectivity index (χ1) is 16.1. The normalized spacial score (nSPS) is 10.9. The van der Waals surface area contributed by atoms with Crippen LogP contribution < -0.4 is 5.56 Å². The Labute approximate surface area is 188 Å². The number of hydrogen-bond acceptors (Lipinski definition) is 7. The van der Waals surface area contributed by atoms with Crippen molar-refractivity contribution in [3.05, 3.63) is 107 Å². The SMILES string of the molecule is Cc1ccc(-c2oc(C(=O)OCc3ccccc3)nc2-n2ccc3cccnc3c2=O)cn1. The molecule has 0 aliphatic heterocycles. The highest BCUT2D eigenvalue weighted by Crippen LogP contribution is 2.28. The summed E-state index contributed by atoms with van der Waals surface area (Å²) in [6, 6.07) is 18.2. The summed E-state index contributed by atoms with van der Waals surface area (Å²) in [6.45, 7) is 1.93. The first kappa shape index (κ1) is 20.3. The molecule has 4 heterocycles. The minimum Gasteiger partial charge on any atom is -0.454 e. The van der Waals surface area contributed by atoms with Crippen LogP contribution in [0.15, 0.2) is 88.5 Å². The number of carbonyl (C=O) groups is 1. The van der Waals surface area contributed by atoms with E-state index in [1.807, 2.05) is 37.3 Å². The summed E-state index contributed by atoms with van der Waals surface area (Å²) in [5.74, 6) is -0.612. The summed E-state index contributed by atoms with van der Waals surface area (Å²) < 4.78 is 12.5. The zero-order valence-electron chi connectivity index (χ0n) is 17.6. The molecule has 0 bridgehead atoms. The molecular weight excluding hydrogens is 420 g/mol. The molecule has 0 aliphatic carbocycles. The van der Waals surface area contributed by atoms with E-state index in [1.54, 1.807) is 48.9 Å². The number of carbonyl (C=O) groups excluding carboxylic acids is 1. The highest BCUT2D eigenvalue weighted by atomic mass is 16.5. The van der Waals surface area contributed by atoms with Crippen LogP contribution in [0.3, 0.4) is 0 Å². The molecule has 4 aromatic heterocycles. The summed E-state index contributed by atoms with van der Waals surface area (Å²) in [6.07, 6.45) is 4.73. The molecule has 8 nitrogen and oxygen atoms in total. The lowest BCUT2D eigenvalue weighted by molar-refractivity contribution is 0.0428. The van der Waals surface area contributed by atoms with Gasteiger partial charge in [-0.25, -0.2) is 4.79 Å². The third-order valence-corrected chi connectivity index (χ3v) is 5.06. The van der Waals surface area contributed by atoms with Gasteiger partial charge in [0.2, 0.25) is 0 Å². The van der Waals surface area contributed by atoms with Gasteiger partial charge in [-0.2, -0.15) is 4.98 Å². The molecule has 33 heavy (non-hydrogen) atoms. The van der Waals surface area contributed by atoms with Crippen LogP contribution in [0.1, 0.15) is 21.9 Å². The molecule has 0 radical (unpaired) electrons. The van der Waals surface area contributed by atoms with Gasteiger partial charge in [-0.3, -0.25) is 19.3 Å². The second kappa shape index (κ2) is 8.51. The minimum absolute atomic E-state index is 0.0681. The standard InChI is InChI=1S/C25H18N4O4/c1-16-9-10-19(14-27-16)21-22(29-13-11-18-8-5-12-26-20(18)24(29)30)28-23(33-21)25(31)32-15-17-6-3-2-4-7-17/h2-14H,15H2,1H3. The number of fused-ring (bicyclic) bond motifs is 1. The van der Waals surface area contributed by atoms with Crippen LogP contribution in [0.4, 0.5) is 0 Å². The first-order valence-corrected chi connectivity index (χ1v) is 10.2. The molecule has 5 rings (SSSR count). The van der Waals surface area contributed by atoms with Gasteiger partial charge in [0.1, 0.15) is 12.1 Å². The molecule has 0 saturated heterocycles. The number of ether oxygens (including phenoxy) is 1. The van der Waals surface area contributed by atoms with Gasteiger partial charge < -0.3 is 9.15 Å². The Morgan fingerprint density at radius 3 is 2.67 bits per heavy atom. The maximum Gasteiger partial charge on any atom is 0.395 e. The maximum atomic E-state index is 13.1. The predicted molar refractivity (Wildman–Crippen MR) is 121 cm³/mol. The number of hydrogen-bond donors (Lipinski definition) is 0. The Morgan fingerprint density at radius 1 is 1.03 bits per heavy atom. The van der Waals surface area contributed by atoms with E-state index in [4.69, 9.17) is 9.15 Å². The van der Waals surface area contributed by atoms with E-state index < -0.39 is 5.97 Å². The monoisotopic (exact) mass is 438 g/mol. The topological polar surface area (TPSA) is 100 Å². The highest BCUT2D eigenvalue weighted by molar-refractivity contribution is 5.86. The minimum atomic E-state index is -0.738. The predicted octanol–water partition coefficient (Wildman–Crippen LogP) is 4.10. The molecule has 0 fully saturated rings. The molecule has 0 spiro atoms. The largest absolute Gasteiger partial charge is 0.454 e. The number of pyridine rings is 3. The lowest BCUT2D eigenvalue weighted by Gasteiger charge is -2.05. The summed E-state index contributed by atoms with van der Waals surface area (Å²) in [7, 11) is 0. The summed E-state index contributed by atoms with van der Waals surface area (Å²) in [5, 5.41) is 0.697. The van der Waals surface area contributed by atoms with Crippen molar-refractivity contribution in [2.45, 2.75) is 13.5 Å². The van der Waals surface area contributed by atoms with E-state index in [0.717, 1.165) is 11.3 Å². The van der Waals surface area contributed by atoms with Gasteiger partial charge in [-0.05, 0) is 36.8 Å². The van der Waals surface area contributed by atoms with E-state index in [0.29, 0.717) is 10.9 Å². The smallest absolute Gasteiger partial charge is 0.395 e. The molecule has 5 aromatic rings. The van der Waals surface area contributed by atoms with Crippen molar-refractivity contribution in [2.24, 2.45) is 0 Å². The zero-order chi connectivity index (χ0) is 22.8. The molecular formula is C25H18N4O4. The van der Waals surface area contributed by atoms with Gasteiger partial charge in [0, 0.05) is 35.2 Å². The Bertz CT molecular complexity index is 1510. The van der Waals surface area contributed by atoms with Gasteiger partial charge in [0.25, 0.3) is 5.56 Å². The third-order valence-electron chi connectivity index (χ3n) is 5.06. The summed E-state index contributed by atoms with van der Waals surface area (Å²) >= 11 is 0. The Balaban J connectivity index is 1.58. The van der Waals surface area contributed by atoms with Crippen molar-refractivity contribution in [1.82, 2.24) is 19.5 Å². The maximum absolute atomic E-state index is 13.1. The molecule has 8 heteroatoms. The van der Waals surface area contributed by atoms with Crippen molar-refractivity contribution in [1.29, 1.82) is 0 Å². The van der Waals surface area contributed by atoms with Gasteiger partial charge in [0.15, 0.2) is 11.6 Å². The van der Waals surface area contributed by atoms with Crippen molar-refractivity contribution in [2.75, 3.05) is 0 Å². The van der Waals surface area contributed by atoms with Gasteiger partial charge in [-0.15, -0.1) is 0 Å². The third kappa shape index (κ3) is 4.01. The molecule has 0 atom stereocenters. The van der Waals surface area contributed by atoms with E-state index in [2.05, 4.69) is 15.0 Å². The van der Waals surface area contributed by atoms with Crippen molar-refractivity contribution < 1.29 is 13.9 Å². The van der Waals surface area contributed by atoms with E-state index in [1.165, 1.54) is 4.57 Å². The van der Waals surface area contributed by atoms with Crippen molar-refractivity contribution in [3.8, 4) is 17.1 Å². The van der Waals surface area contributed by atoms with E-state index in [-0.39, 0.29) is 35.2 Å². The Hall–Kier alpha value is -4.59. The first-order valence-electron chi connectivity index (χ1n) is 10.2. The number of aryl methyl sites for hydroxylation is 1. The molecule has 0 saturated carbocycles. The van der Waals surface area contributed by atoms with Crippen molar-refractivity contribution in [3.63, 3.8) is 0 Å². The number of oxazole rings is 1. The van der Waals surface area contributed by atoms with Crippen LogP contribution in [0.5, 0.6) is 0 Å². The highest BCUT2D eigenvalue weighted by Gasteiger charge is 2.24. The lowest BCUT2D eigenvalue weighted by atomic mass is 10.2. The van der Waals surface area contributed by atoms with E-state index in [9.17, 15) is 9.59 Å². The molecule has 0 N–H and O–H groups in total. The summed E-state index contributed by atoms with van der Waals surface area (Å²) in [4.78, 5) is 38.7. The van der Waals surface area contributed by atoms with Crippen molar-refractivity contribution >= 4 is 16.9 Å². The Kier molecular flexibility index (Phi) is 5.24. The number of esters is 1. The van der Waals surface area contributed by atoms with Crippen LogP contribution in [0.2, 0.25) is 0 Å².